The number of aromatic nitrogens is 2. The summed E-state index contributed by atoms with van der Waals surface area (Å²) < 4.78 is 11.6. The Labute approximate surface area is 148 Å². The van der Waals surface area contributed by atoms with E-state index in [-0.39, 0.29) is 6.10 Å². The second-order valence-electron chi connectivity index (χ2n) is 6.13. The van der Waals surface area contributed by atoms with Gasteiger partial charge >= 0.3 is 0 Å². The smallest absolute Gasteiger partial charge is 0.152 e. The molecule has 0 bridgehead atoms. The molecule has 0 saturated heterocycles. The second-order valence-corrected chi connectivity index (χ2v) is 6.13. The first kappa shape index (κ1) is 17.5. The van der Waals surface area contributed by atoms with E-state index in [4.69, 9.17) is 9.15 Å². The minimum Gasteiger partial charge on any atom is -0.460 e. The number of hydrogen-bond acceptors (Lipinski definition) is 4. The van der Waals surface area contributed by atoms with E-state index >= 15 is 0 Å². The van der Waals surface area contributed by atoms with Gasteiger partial charge in [0.1, 0.15) is 11.5 Å². The Balaban J connectivity index is 1.38. The molecule has 5 heteroatoms. The molecular formula is C20H25N3O2. The molecular weight excluding hydrogens is 314 g/mol. The molecule has 3 rings (SSSR count). The maximum atomic E-state index is 5.89. The average molecular weight is 339 g/mol. The summed E-state index contributed by atoms with van der Waals surface area (Å²) in [5.74, 6) is 1.72. The molecule has 2 aromatic heterocycles. The quantitative estimate of drug-likeness (QED) is 0.573. The summed E-state index contributed by atoms with van der Waals surface area (Å²) in [4.78, 5) is 0. The van der Waals surface area contributed by atoms with Crippen molar-refractivity contribution in [3.63, 3.8) is 0 Å². The molecule has 1 atom stereocenters. The first-order valence-electron chi connectivity index (χ1n) is 8.70. The number of furan rings is 1. The monoisotopic (exact) mass is 339 g/mol. The molecule has 0 radical (unpaired) electrons. The third kappa shape index (κ3) is 4.81. The van der Waals surface area contributed by atoms with Crippen LogP contribution in [0.25, 0.3) is 11.5 Å². The zero-order valence-corrected chi connectivity index (χ0v) is 14.8. The fraction of sp³-hybridized carbons (Fsp3) is 0.350. The summed E-state index contributed by atoms with van der Waals surface area (Å²) in [5.41, 5.74) is 3.26. The molecule has 0 aliphatic heterocycles. The van der Waals surface area contributed by atoms with Crippen LogP contribution in [0.15, 0.2) is 53.1 Å². The molecule has 1 unspecified atom stereocenters. The fourth-order valence-corrected chi connectivity index (χ4v) is 2.73. The summed E-state index contributed by atoms with van der Waals surface area (Å²) in [6, 6.07) is 14.2. The van der Waals surface area contributed by atoms with Crippen LogP contribution < -0.4 is 5.32 Å². The lowest BCUT2D eigenvalue weighted by Gasteiger charge is -2.13. The van der Waals surface area contributed by atoms with Crippen LogP contribution in [-0.2, 0) is 11.3 Å². The van der Waals surface area contributed by atoms with Gasteiger partial charge in [0.15, 0.2) is 5.76 Å². The first-order chi connectivity index (χ1) is 12.2. The lowest BCUT2D eigenvalue weighted by atomic mass is 10.1. The number of benzene rings is 1. The van der Waals surface area contributed by atoms with Gasteiger partial charge in [0.25, 0.3) is 0 Å². The van der Waals surface area contributed by atoms with Crippen molar-refractivity contribution in [3.05, 3.63) is 65.5 Å². The highest BCUT2D eigenvalue weighted by molar-refractivity contribution is 5.56. The van der Waals surface area contributed by atoms with Gasteiger partial charge in [-0.15, -0.1) is 0 Å². The van der Waals surface area contributed by atoms with Crippen molar-refractivity contribution in [2.75, 3.05) is 13.2 Å². The van der Waals surface area contributed by atoms with Crippen molar-refractivity contribution in [2.24, 2.45) is 0 Å². The zero-order chi connectivity index (χ0) is 17.5. The Morgan fingerprint density at radius 2 is 2.04 bits per heavy atom. The van der Waals surface area contributed by atoms with Crippen LogP contribution in [0.4, 0.5) is 0 Å². The lowest BCUT2D eigenvalue weighted by Crippen LogP contribution is -2.17. The van der Waals surface area contributed by atoms with E-state index in [1.807, 2.05) is 43.5 Å². The van der Waals surface area contributed by atoms with Gasteiger partial charge in [-0.3, -0.25) is 5.10 Å². The molecule has 5 nitrogen and oxygen atoms in total. The molecule has 0 fully saturated rings. The summed E-state index contributed by atoms with van der Waals surface area (Å²) in [5, 5.41) is 10.6. The highest BCUT2D eigenvalue weighted by Crippen LogP contribution is 2.23. The summed E-state index contributed by atoms with van der Waals surface area (Å²) in [7, 11) is 0. The van der Waals surface area contributed by atoms with Gasteiger partial charge in [-0.25, -0.2) is 0 Å². The van der Waals surface area contributed by atoms with Gasteiger partial charge in [0, 0.05) is 18.7 Å². The van der Waals surface area contributed by atoms with E-state index in [9.17, 15) is 0 Å². The number of nitrogens with zero attached hydrogens (tertiary/aromatic N) is 1. The van der Waals surface area contributed by atoms with Gasteiger partial charge in [-0.2, -0.15) is 5.10 Å². The number of nitrogens with one attached hydrogen (secondary N) is 2. The van der Waals surface area contributed by atoms with E-state index in [1.54, 1.807) is 0 Å². The Hall–Kier alpha value is -2.37. The molecule has 0 aliphatic carbocycles. The predicted molar refractivity (Wildman–Crippen MR) is 98.2 cm³/mol. The van der Waals surface area contributed by atoms with Crippen LogP contribution in [0.3, 0.4) is 0 Å². The fourth-order valence-electron chi connectivity index (χ4n) is 2.73. The normalized spacial score (nSPS) is 12.4. The summed E-state index contributed by atoms with van der Waals surface area (Å²) in [6.07, 6.45) is 2.93. The molecule has 0 saturated carbocycles. The lowest BCUT2D eigenvalue weighted by molar-refractivity contribution is 0.0640. The topological polar surface area (TPSA) is 63.1 Å². The molecule has 0 amide bonds. The van der Waals surface area contributed by atoms with Crippen molar-refractivity contribution in [3.8, 4) is 11.5 Å². The van der Waals surface area contributed by atoms with Crippen molar-refractivity contribution in [1.82, 2.24) is 15.5 Å². The van der Waals surface area contributed by atoms with Crippen LogP contribution in [0, 0.1) is 6.92 Å². The SMILES string of the molecule is Cc1ccc(-c2[nH]ncc2CNCCCOC(C)c2ccccc2)o1. The molecule has 1 aromatic carbocycles. The van der Waals surface area contributed by atoms with Gasteiger partial charge in [-0.1, -0.05) is 30.3 Å². The van der Waals surface area contributed by atoms with Crippen molar-refractivity contribution in [1.29, 1.82) is 0 Å². The number of rotatable bonds is 9. The van der Waals surface area contributed by atoms with Gasteiger partial charge < -0.3 is 14.5 Å². The largest absolute Gasteiger partial charge is 0.460 e. The molecule has 25 heavy (non-hydrogen) atoms. The molecule has 2 heterocycles. The van der Waals surface area contributed by atoms with Crippen molar-refractivity contribution < 1.29 is 9.15 Å². The van der Waals surface area contributed by atoms with Gasteiger partial charge in [0.05, 0.1) is 12.3 Å². The minimum atomic E-state index is 0.129. The number of ether oxygens (including phenoxy) is 1. The maximum Gasteiger partial charge on any atom is 0.152 e. The van der Waals surface area contributed by atoms with E-state index in [0.717, 1.165) is 48.9 Å². The number of H-pyrrole nitrogens is 1. The van der Waals surface area contributed by atoms with Crippen LogP contribution in [0.2, 0.25) is 0 Å². The molecule has 0 spiro atoms. The van der Waals surface area contributed by atoms with Crippen LogP contribution in [0.1, 0.15) is 36.3 Å². The van der Waals surface area contributed by atoms with E-state index < -0.39 is 0 Å². The molecule has 3 aromatic rings. The predicted octanol–water partition coefficient (Wildman–Crippen LogP) is 4.24. The van der Waals surface area contributed by atoms with Gasteiger partial charge in [-0.05, 0) is 44.5 Å². The van der Waals surface area contributed by atoms with Crippen molar-refractivity contribution in [2.45, 2.75) is 32.9 Å². The third-order valence-electron chi connectivity index (χ3n) is 4.15. The van der Waals surface area contributed by atoms with E-state index in [1.165, 1.54) is 5.56 Å². The Morgan fingerprint density at radius 3 is 2.80 bits per heavy atom. The number of aryl methyl sites for hydroxylation is 1. The highest BCUT2D eigenvalue weighted by Gasteiger charge is 2.10. The third-order valence-corrected chi connectivity index (χ3v) is 4.15. The standard InChI is InChI=1S/C20H25N3O2/c1-15-9-10-19(25-15)20-18(14-22-23-20)13-21-11-6-12-24-16(2)17-7-4-3-5-8-17/h3-5,7-10,14,16,21H,6,11-13H2,1-2H3,(H,22,23). The van der Waals surface area contributed by atoms with Crippen LogP contribution in [-0.4, -0.2) is 23.3 Å². The molecule has 0 aliphatic rings. The Morgan fingerprint density at radius 1 is 1.20 bits per heavy atom. The highest BCUT2D eigenvalue weighted by atomic mass is 16.5. The van der Waals surface area contributed by atoms with E-state index in [2.05, 4.69) is 34.6 Å². The van der Waals surface area contributed by atoms with Crippen LogP contribution >= 0.6 is 0 Å². The number of hydrogen-bond donors (Lipinski definition) is 2. The minimum absolute atomic E-state index is 0.129. The average Bonchev–Trinajstić information content (AvgIpc) is 3.27. The van der Waals surface area contributed by atoms with E-state index in [0.29, 0.717) is 0 Å². The van der Waals surface area contributed by atoms with Gasteiger partial charge in [0.2, 0.25) is 0 Å². The van der Waals surface area contributed by atoms with Crippen LogP contribution in [0.5, 0.6) is 0 Å². The second kappa shape index (κ2) is 8.65. The Kier molecular flexibility index (Phi) is 6.04. The molecule has 132 valence electrons. The Bertz CT molecular complexity index is 764. The molecule has 2 N–H and O–H groups in total. The number of aromatic amines is 1. The zero-order valence-electron chi connectivity index (χ0n) is 14.8. The first-order valence-corrected chi connectivity index (χ1v) is 8.70. The maximum absolute atomic E-state index is 5.89. The summed E-state index contributed by atoms with van der Waals surface area (Å²) in [6.45, 7) is 6.40. The van der Waals surface area contributed by atoms with Crippen molar-refractivity contribution >= 4 is 0 Å². The summed E-state index contributed by atoms with van der Waals surface area (Å²) >= 11 is 0.